The average molecular weight is 218 g/mol. The van der Waals surface area contributed by atoms with Gasteiger partial charge in [-0.05, 0) is 0 Å². The van der Waals surface area contributed by atoms with E-state index in [9.17, 15) is 14.4 Å². The molecule has 0 aromatic carbocycles. The maximum absolute atomic E-state index is 9.37. The third-order valence-electron chi connectivity index (χ3n) is 0.652. The average Bonchev–Trinajstić information content (AvgIpc) is 2.19. The third-order valence-corrected chi connectivity index (χ3v) is 0.652. The minimum Gasteiger partial charge on any atom is -0.481 e. The Labute approximate surface area is 87.2 Å². The molecule has 0 aliphatic carbocycles. The van der Waals surface area contributed by atoms with E-state index in [0.717, 1.165) is 12.2 Å². The standard InChI is InChI=1S/C3H6O2.2C3H4O2/c3*1-2-3(4)5/h2H2,1H3,(H,4,5);2*2H,1H2,(H,4,5). The van der Waals surface area contributed by atoms with Crippen LogP contribution in [0.15, 0.2) is 25.3 Å². The molecule has 0 rings (SSSR count). The molecule has 0 spiro atoms. The van der Waals surface area contributed by atoms with Gasteiger partial charge in [0.15, 0.2) is 0 Å². The Balaban J connectivity index is -0.000000144. The highest BCUT2D eigenvalue weighted by atomic mass is 16.4. The molecule has 6 heteroatoms. The van der Waals surface area contributed by atoms with Crippen molar-refractivity contribution >= 4 is 17.9 Å². The fraction of sp³-hybridized carbons (Fsp3) is 0.222. The lowest BCUT2D eigenvalue weighted by Crippen LogP contribution is -1.86. The summed E-state index contributed by atoms with van der Waals surface area (Å²) in [7, 11) is 0. The van der Waals surface area contributed by atoms with Crippen molar-refractivity contribution in [3.63, 3.8) is 0 Å². The van der Waals surface area contributed by atoms with Gasteiger partial charge in [0, 0.05) is 18.6 Å². The Hall–Kier alpha value is -2.11. The number of carbonyl (C=O) groups is 3. The zero-order valence-electron chi connectivity index (χ0n) is 8.34. The molecule has 0 fully saturated rings. The van der Waals surface area contributed by atoms with Crippen molar-refractivity contribution in [3.8, 4) is 0 Å². The topological polar surface area (TPSA) is 112 Å². The van der Waals surface area contributed by atoms with Crippen molar-refractivity contribution in [2.24, 2.45) is 0 Å². The fourth-order valence-corrected chi connectivity index (χ4v) is 0. The zero-order valence-corrected chi connectivity index (χ0v) is 8.34. The molecule has 0 unspecified atom stereocenters. The van der Waals surface area contributed by atoms with Crippen molar-refractivity contribution in [1.29, 1.82) is 0 Å². The lowest BCUT2D eigenvalue weighted by atomic mass is 10.5. The molecule has 0 radical (unpaired) electrons. The van der Waals surface area contributed by atoms with Gasteiger partial charge in [-0.3, -0.25) is 4.79 Å². The van der Waals surface area contributed by atoms with Gasteiger partial charge in [-0.25, -0.2) is 9.59 Å². The summed E-state index contributed by atoms with van der Waals surface area (Å²) in [4.78, 5) is 27.9. The molecule has 0 aliphatic heterocycles. The molecule has 0 aliphatic rings. The van der Waals surface area contributed by atoms with Gasteiger partial charge in [0.2, 0.25) is 0 Å². The van der Waals surface area contributed by atoms with E-state index in [1.54, 1.807) is 6.92 Å². The van der Waals surface area contributed by atoms with Crippen molar-refractivity contribution in [2.75, 3.05) is 0 Å². The highest BCUT2D eigenvalue weighted by molar-refractivity contribution is 5.79. The van der Waals surface area contributed by atoms with Crippen LogP contribution in [0.5, 0.6) is 0 Å². The van der Waals surface area contributed by atoms with Crippen LogP contribution in [0.1, 0.15) is 13.3 Å². The monoisotopic (exact) mass is 218 g/mol. The van der Waals surface area contributed by atoms with Crippen LogP contribution >= 0.6 is 0 Å². The predicted molar refractivity (Wildman–Crippen MR) is 53.6 cm³/mol. The van der Waals surface area contributed by atoms with Crippen molar-refractivity contribution in [3.05, 3.63) is 25.3 Å². The van der Waals surface area contributed by atoms with Gasteiger partial charge in [-0.2, -0.15) is 0 Å². The van der Waals surface area contributed by atoms with Gasteiger partial charge in [0.05, 0.1) is 0 Å². The van der Waals surface area contributed by atoms with Gasteiger partial charge in [-0.15, -0.1) is 0 Å². The van der Waals surface area contributed by atoms with Gasteiger partial charge >= 0.3 is 17.9 Å². The highest BCUT2D eigenvalue weighted by Crippen LogP contribution is 1.67. The first-order valence-electron chi connectivity index (χ1n) is 3.74. The third kappa shape index (κ3) is 76.9. The van der Waals surface area contributed by atoms with Gasteiger partial charge < -0.3 is 15.3 Å². The van der Waals surface area contributed by atoms with Crippen LogP contribution in [0, 0.1) is 0 Å². The number of carboxylic acid groups (broad SMARTS) is 3. The van der Waals surface area contributed by atoms with Crippen LogP contribution in [-0.2, 0) is 14.4 Å². The first-order valence-corrected chi connectivity index (χ1v) is 3.74. The van der Waals surface area contributed by atoms with Crippen LogP contribution in [0.25, 0.3) is 0 Å². The molecule has 15 heavy (non-hydrogen) atoms. The summed E-state index contributed by atoms with van der Waals surface area (Å²) in [5.74, 6) is -2.71. The fourth-order valence-electron chi connectivity index (χ4n) is 0. The first kappa shape index (κ1) is 18.6. The largest absolute Gasteiger partial charge is 0.481 e. The maximum atomic E-state index is 9.37. The van der Waals surface area contributed by atoms with E-state index in [2.05, 4.69) is 13.2 Å². The van der Waals surface area contributed by atoms with E-state index in [1.165, 1.54) is 0 Å². The van der Waals surface area contributed by atoms with Gasteiger partial charge in [-0.1, -0.05) is 20.1 Å². The highest BCUT2D eigenvalue weighted by Gasteiger charge is 1.80. The predicted octanol–water partition coefficient (Wildman–Crippen LogP) is 0.995. The summed E-state index contributed by atoms with van der Waals surface area (Å²) in [6.07, 6.45) is 1.89. The normalized spacial score (nSPS) is 6.73. The van der Waals surface area contributed by atoms with Crippen LogP contribution in [0.3, 0.4) is 0 Å². The van der Waals surface area contributed by atoms with Gasteiger partial charge in [0.1, 0.15) is 0 Å². The van der Waals surface area contributed by atoms with Crippen molar-refractivity contribution in [2.45, 2.75) is 13.3 Å². The van der Waals surface area contributed by atoms with E-state index in [0.29, 0.717) is 0 Å². The minimum absolute atomic E-state index is 0.222. The molecule has 6 nitrogen and oxygen atoms in total. The van der Waals surface area contributed by atoms with E-state index in [4.69, 9.17) is 15.3 Å². The molecular formula is C9H14O6. The van der Waals surface area contributed by atoms with Crippen molar-refractivity contribution in [1.82, 2.24) is 0 Å². The van der Waals surface area contributed by atoms with E-state index in [1.807, 2.05) is 0 Å². The second kappa shape index (κ2) is 14.4. The summed E-state index contributed by atoms with van der Waals surface area (Å²) in [5.41, 5.74) is 0. The molecule has 0 atom stereocenters. The van der Waals surface area contributed by atoms with Crippen LogP contribution < -0.4 is 0 Å². The summed E-state index contributed by atoms with van der Waals surface area (Å²) in [6.45, 7) is 7.52. The Kier molecular flexibility index (Phi) is 17.9. The van der Waals surface area contributed by atoms with Crippen LogP contribution in [0.2, 0.25) is 0 Å². The molecule has 0 aromatic heterocycles. The summed E-state index contributed by atoms with van der Waals surface area (Å²) in [6, 6.07) is 0. The number of rotatable bonds is 3. The Morgan fingerprint density at radius 3 is 1.13 bits per heavy atom. The minimum atomic E-state index is -0.981. The summed E-state index contributed by atoms with van der Waals surface area (Å²) in [5, 5.41) is 22.9. The molecular weight excluding hydrogens is 204 g/mol. The second-order valence-corrected chi connectivity index (χ2v) is 1.83. The number of hydrogen-bond acceptors (Lipinski definition) is 3. The van der Waals surface area contributed by atoms with Crippen LogP contribution in [-0.4, -0.2) is 33.2 Å². The lowest BCUT2D eigenvalue weighted by molar-refractivity contribution is -0.136. The molecule has 0 saturated carbocycles. The van der Waals surface area contributed by atoms with Gasteiger partial charge in [0.25, 0.3) is 0 Å². The van der Waals surface area contributed by atoms with Crippen LogP contribution in [0.4, 0.5) is 0 Å². The zero-order chi connectivity index (χ0) is 12.9. The number of carboxylic acids is 3. The molecule has 0 heterocycles. The molecule has 0 bridgehead atoms. The Morgan fingerprint density at radius 1 is 1.00 bits per heavy atom. The quantitative estimate of drug-likeness (QED) is 0.609. The summed E-state index contributed by atoms with van der Waals surface area (Å²) < 4.78 is 0. The Morgan fingerprint density at radius 2 is 1.13 bits per heavy atom. The van der Waals surface area contributed by atoms with E-state index >= 15 is 0 Å². The number of hydrogen-bond donors (Lipinski definition) is 3. The SMILES string of the molecule is C=CC(=O)O.C=CC(=O)O.CCC(=O)O. The molecule has 86 valence electrons. The lowest BCUT2D eigenvalue weighted by Gasteiger charge is -1.71. The first-order chi connectivity index (χ1) is 6.81. The second-order valence-electron chi connectivity index (χ2n) is 1.83. The van der Waals surface area contributed by atoms with E-state index < -0.39 is 17.9 Å². The molecule has 0 aromatic rings. The smallest absolute Gasteiger partial charge is 0.327 e. The summed E-state index contributed by atoms with van der Waals surface area (Å²) >= 11 is 0. The molecule has 0 amide bonds. The van der Waals surface area contributed by atoms with Crippen molar-refractivity contribution < 1.29 is 29.7 Å². The molecule has 0 saturated heterocycles. The molecule has 3 N–H and O–H groups in total. The Bertz CT molecular complexity index is 213. The van der Waals surface area contributed by atoms with E-state index in [-0.39, 0.29) is 6.42 Å². The maximum Gasteiger partial charge on any atom is 0.327 e. The number of aliphatic carboxylic acids is 3.